The lowest BCUT2D eigenvalue weighted by Gasteiger charge is -2.30. The van der Waals surface area contributed by atoms with Gasteiger partial charge in [-0.05, 0) is 38.9 Å². The molecule has 2 rings (SSSR count). The number of nitrogens with zero attached hydrogens (tertiary/aromatic N) is 1. The van der Waals surface area contributed by atoms with Crippen LogP contribution in [-0.2, 0) is 4.74 Å². The second kappa shape index (κ2) is 7.66. The van der Waals surface area contributed by atoms with Crippen LogP contribution < -0.4 is 15.0 Å². The molecule has 4 nitrogen and oxygen atoms in total. The summed E-state index contributed by atoms with van der Waals surface area (Å²) in [5.74, 6) is 0.957. The van der Waals surface area contributed by atoms with Crippen molar-refractivity contribution in [3.8, 4) is 5.75 Å². The summed E-state index contributed by atoms with van der Waals surface area (Å²) in [6.07, 6.45) is 1.33. The van der Waals surface area contributed by atoms with E-state index in [1.54, 1.807) is 7.11 Å². The first kappa shape index (κ1) is 16.1. The number of rotatable bonds is 5. The molecule has 118 valence electrons. The molecule has 1 aliphatic rings. The van der Waals surface area contributed by atoms with Crippen molar-refractivity contribution in [3.05, 3.63) is 23.8 Å². The molecule has 1 N–H and O–H groups in total. The summed E-state index contributed by atoms with van der Waals surface area (Å²) in [7, 11) is 1.75. The summed E-state index contributed by atoms with van der Waals surface area (Å²) < 4.78 is 11.4. The molecule has 1 aromatic carbocycles. The lowest BCUT2D eigenvalue weighted by molar-refractivity contribution is 0.0820. The van der Waals surface area contributed by atoms with E-state index in [0.717, 1.165) is 38.4 Å². The van der Waals surface area contributed by atoms with Crippen molar-refractivity contribution in [3.63, 3.8) is 0 Å². The van der Waals surface area contributed by atoms with Gasteiger partial charge >= 0.3 is 0 Å². The fourth-order valence-electron chi connectivity index (χ4n) is 3.04. The highest BCUT2D eigenvalue weighted by molar-refractivity contribution is 5.61. The van der Waals surface area contributed by atoms with Crippen molar-refractivity contribution in [2.24, 2.45) is 0 Å². The van der Waals surface area contributed by atoms with Gasteiger partial charge in [0.25, 0.3) is 0 Å². The highest BCUT2D eigenvalue weighted by Gasteiger charge is 2.22. The van der Waals surface area contributed by atoms with E-state index in [-0.39, 0.29) is 12.1 Å². The van der Waals surface area contributed by atoms with Gasteiger partial charge in [-0.3, -0.25) is 0 Å². The lowest BCUT2D eigenvalue weighted by atomic mass is 10.0. The van der Waals surface area contributed by atoms with Crippen LogP contribution in [0, 0.1) is 0 Å². The Kier molecular flexibility index (Phi) is 5.88. The van der Waals surface area contributed by atoms with Gasteiger partial charge in [-0.2, -0.15) is 0 Å². The molecular formula is C17H28N2O2. The summed E-state index contributed by atoms with van der Waals surface area (Å²) in [4.78, 5) is 2.43. The third kappa shape index (κ3) is 3.89. The third-order valence-corrected chi connectivity index (χ3v) is 4.00. The lowest BCUT2D eigenvalue weighted by Crippen LogP contribution is -2.32. The Hall–Kier alpha value is -1.26. The highest BCUT2D eigenvalue weighted by atomic mass is 16.5. The molecule has 4 heteroatoms. The zero-order valence-electron chi connectivity index (χ0n) is 13.7. The first-order chi connectivity index (χ1) is 10.2. The molecule has 2 atom stereocenters. The van der Waals surface area contributed by atoms with Crippen LogP contribution in [0.2, 0.25) is 0 Å². The second-order valence-electron chi connectivity index (χ2n) is 5.65. The summed E-state index contributed by atoms with van der Waals surface area (Å²) in [5.41, 5.74) is 2.51. The number of anilines is 1. The van der Waals surface area contributed by atoms with Gasteiger partial charge in [0.05, 0.1) is 13.2 Å². The van der Waals surface area contributed by atoms with Crippen molar-refractivity contribution in [2.75, 3.05) is 38.3 Å². The van der Waals surface area contributed by atoms with E-state index >= 15 is 0 Å². The van der Waals surface area contributed by atoms with Crippen LogP contribution in [0.1, 0.15) is 38.8 Å². The minimum absolute atomic E-state index is 0.264. The second-order valence-corrected chi connectivity index (χ2v) is 5.65. The highest BCUT2D eigenvalue weighted by Crippen LogP contribution is 2.35. The van der Waals surface area contributed by atoms with E-state index in [4.69, 9.17) is 9.47 Å². The van der Waals surface area contributed by atoms with Gasteiger partial charge in [0.15, 0.2) is 0 Å². The summed E-state index contributed by atoms with van der Waals surface area (Å²) in [6, 6.07) is 6.58. The van der Waals surface area contributed by atoms with Crippen LogP contribution in [-0.4, -0.2) is 39.5 Å². The molecule has 0 aliphatic carbocycles. The van der Waals surface area contributed by atoms with Gasteiger partial charge in [0.2, 0.25) is 0 Å². The first-order valence-corrected chi connectivity index (χ1v) is 7.94. The van der Waals surface area contributed by atoms with Crippen LogP contribution >= 0.6 is 0 Å². The molecule has 0 saturated carbocycles. The van der Waals surface area contributed by atoms with Crippen LogP contribution in [0.4, 0.5) is 5.69 Å². The molecule has 0 radical (unpaired) electrons. The smallest absolute Gasteiger partial charge is 0.125 e. The molecule has 0 amide bonds. The average molecular weight is 292 g/mol. The molecule has 1 heterocycles. The van der Waals surface area contributed by atoms with Crippen molar-refractivity contribution >= 4 is 5.69 Å². The Bertz CT molecular complexity index is 450. The fraction of sp³-hybridized carbons (Fsp3) is 0.647. The molecule has 1 fully saturated rings. The maximum atomic E-state index is 5.77. The minimum atomic E-state index is 0.264. The topological polar surface area (TPSA) is 33.7 Å². The van der Waals surface area contributed by atoms with Crippen molar-refractivity contribution < 1.29 is 9.47 Å². The zero-order valence-corrected chi connectivity index (χ0v) is 13.7. The number of ether oxygens (including phenoxy) is 2. The van der Waals surface area contributed by atoms with E-state index in [2.05, 4.69) is 43.1 Å². The Morgan fingerprint density at radius 3 is 3.00 bits per heavy atom. The van der Waals surface area contributed by atoms with E-state index in [0.29, 0.717) is 0 Å². The molecule has 1 aromatic rings. The van der Waals surface area contributed by atoms with Gasteiger partial charge in [-0.15, -0.1) is 0 Å². The quantitative estimate of drug-likeness (QED) is 0.904. The number of hydrogen-bond acceptors (Lipinski definition) is 4. The molecule has 2 unspecified atom stereocenters. The summed E-state index contributed by atoms with van der Waals surface area (Å²) in [6.45, 7) is 10.2. The third-order valence-electron chi connectivity index (χ3n) is 4.00. The molecule has 21 heavy (non-hydrogen) atoms. The van der Waals surface area contributed by atoms with E-state index in [1.165, 1.54) is 11.3 Å². The molecule has 1 aliphatic heterocycles. The van der Waals surface area contributed by atoms with Gasteiger partial charge in [0.1, 0.15) is 5.75 Å². The fourth-order valence-corrected chi connectivity index (χ4v) is 3.04. The Balaban J connectivity index is 2.36. The van der Waals surface area contributed by atoms with E-state index in [1.807, 2.05) is 6.07 Å². The van der Waals surface area contributed by atoms with E-state index in [9.17, 15) is 0 Å². The Labute approximate surface area is 128 Å². The van der Waals surface area contributed by atoms with Crippen LogP contribution in [0.15, 0.2) is 18.2 Å². The predicted molar refractivity (Wildman–Crippen MR) is 87.3 cm³/mol. The maximum absolute atomic E-state index is 5.77. The van der Waals surface area contributed by atoms with Crippen LogP contribution in [0.5, 0.6) is 5.75 Å². The molecule has 1 saturated heterocycles. The molecule has 0 spiro atoms. The van der Waals surface area contributed by atoms with Crippen molar-refractivity contribution in [1.82, 2.24) is 5.32 Å². The summed E-state index contributed by atoms with van der Waals surface area (Å²) in [5, 5.41) is 3.50. The Morgan fingerprint density at radius 1 is 1.48 bits per heavy atom. The standard InChI is InChI=1S/C17H28N2O2/c1-5-18-14(3)17-15(8-6-9-16(17)20-4)19-10-7-11-21-13(2)12-19/h6,8-9,13-14,18H,5,7,10-12H2,1-4H3. The number of nitrogens with one attached hydrogen (secondary N) is 1. The van der Waals surface area contributed by atoms with Crippen LogP contribution in [0.25, 0.3) is 0 Å². The number of methoxy groups -OCH3 is 1. The Morgan fingerprint density at radius 2 is 2.29 bits per heavy atom. The van der Waals surface area contributed by atoms with Crippen LogP contribution in [0.3, 0.4) is 0 Å². The molecule has 0 bridgehead atoms. The maximum Gasteiger partial charge on any atom is 0.125 e. The summed E-state index contributed by atoms with van der Waals surface area (Å²) >= 11 is 0. The first-order valence-electron chi connectivity index (χ1n) is 7.94. The SMILES string of the molecule is CCNC(C)c1c(OC)cccc1N1CCCOC(C)C1. The number of benzene rings is 1. The zero-order chi connectivity index (χ0) is 15.2. The minimum Gasteiger partial charge on any atom is -0.496 e. The monoisotopic (exact) mass is 292 g/mol. The van der Waals surface area contributed by atoms with Gasteiger partial charge < -0.3 is 19.7 Å². The average Bonchev–Trinajstić information content (AvgIpc) is 2.71. The van der Waals surface area contributed by atoms with Crippen molar-refractivity contribution in [1.29, 1.82) is 0 Å². The largest absolute Gasteiger partial charge is 0.496 e. The van der Waals surface area contributed by atoms with Gasteiger partial charge in [0, 0.05) is 37.0 Å². The molecule has 0 aromatic heterocycles. The van der Waals surface area contributed by atoms with Crippen molar-refractivity contribution in [2.45, 2.75) is 39.3 Å². The number of hydrogen-bond donors (Lipinski definition) is 1. The molecular weight excluding hydrogens is 264 g/mol. The van der Waals surface area contributed by atoms with E-state index < -0.39 is 0 Å². The van der Waals surface area contributed by atoms with Gasteiger partial charge in [-0.25, -0.2) is 0 Å². The predicted octanol–water partition coefficient (Wildman–Crippen LogP) is 2.98. The van der Waals surface area contributed by atoms with Gasteiger partial charge in [-0.1, -0.05) is 13.0 Å². The normalized spacial score (nSPS) is 21.0.